The van der Waals surface area contributed by atoms with Crippen LogP contribution in [-0.4, -0.2) is 10.7 Å². The molecule has 0 rings (SSSR count). The Balaban J connectivity index is 3.58. The average Bonchev–Trinajstić information content (AvgIpc) is 1.68. The SMILES string of the molecule is C=C[C@@](C)(O)CC. The van der Waals surface area contributed by atoms with Gasteiger partial charge in [-0.1, -0.05) is 13.0 Å². The first-order chi connectivity index (χ1) is 3.12. The normalized spacial score (nSPS) is 18.1. The molecule has 42 valence electrons. The van der Waals surface area contributed by atoms with Crippen molar-refractivity contribution in [2.45, 2.75) is 25.9 Å². The van der Waals surface area contributed by atoms with Crippen molar-refractivity contribution >= 4 is 0 Å². The van der Waals surface area contributed by atoms with Crippen LogP contribution in [0.15, 0.2) is 12.7 Å². The predicted molar refractivity (Wildman–Crippen MR) is 31.1 cm³/mol. The van der Waals surface area contributed by atoms with Crippen LogP contribution in [-0.2, 0) is 0 Å². The number of hydrogen-bond donors (Lipinski definition) is 1. The lowest BCUT2D eigenvalue weighted by atomic mass is 10.1. The van der Waals surface area contributed by atoms with E-state index in [-0.39, 0.29) is 0 Å². The molecule has 1 heteroatoms. The van der Waals surface area contributed by atoms with E-state index in [2.05, 4.69) is 6.58 Å². The van der Waals surface area contributed by atoms with Gasteiger partial charge in [0.25, 0.3) is 0 Å². The van der Waals surface area contributed by atoms with Gasteiger partial charge in [0, 0.05) is 0 Å². The minimum absolute atomic E-state index is 0.653. The molecule has 0 aliphatic rings. The van der Waals surface area contributed by atoms with Crippen molar-refractivity contribution in [3.63, 3.8) is 0 Å². The van der Waals surface area contributed by atoms with Gasteiger partial charge in [-0.25, -0.2) is 0 Å². The maximum Gasteiger partial charge on any atom is 0.0794 e. The zero-order chi connectivity index (χ0) is 5.91. The van der Waals surface area contributed by atoms with Gasteiger partial charge in [-0.05, 0) is 13.3 Å². The molecule has 0 aromatic heterocycles. The van der Waals surface area contributed by atoms with Gasteiger partial charge in [-0.15, -0.1) is 6.58 Å². The molecule has 0 aliphatic carbocycles. The molecule has 0 fully saturated rings. The van der Waals surface area contributed by atoms with Gasteiger partial charge in [0.2, 0.25) is 0 Å². The van der Waals surface area contributed by atoms with Crippen LogP contribution in [0.4, 0.5) is 0 Å². The molecule has 0 heterocycles. The average molecular weight is 100 g/mol. The second-order valence-electron chi connectivity index (χ2n) is 1.91. The second-order valence-corrected chi connectivity index (χ2v) is 1.91. The smallest absolute Gasteiger partial charge is 0.0794 e. The highest BCUT2D eigenvalue weighted by molar-refractivity contribution is 4.89. The molecule has 1 N–H and O–H groups in total. The Morgan fingerprint density at radius 2 is 2.29 bits per heavy atom. The van der Waals surface area contributed by atoms with Crippen LogP contribution in [0.1, 0.15) is 20.3 Å². The van der Waals surface area contributed by atoms with E-state index < -0.39 is 5.60 Å². The van der Waals surface area contributed by atoms with E-state index >= 15 is 0 Å². The van der Waals surface area contributed by atoms with Crippen molar-refractivity contribution in [2.75, 3.05) is 0 Å². The number of hydrogen-bond acceptors (Lipinski definition) is 1. The van der Waals surface area contributed by atoms with Gasteiger partial charge < -0.3 is 5.11 Å². The summed E-state index contributed by atoms with van der Waals surface area (Å²) in [7, 11) is 0. The monoisotopic (exact) mass is 100 g/mol. The standard InChI is InChI=1S/C6H12O/c1-4-6(3,7)5-2/h4,7H,1,5H2,2-3H3/t6-/m1/s1. The van der Waals surface area contributed by atoms with Crippen molar-refractivity contribution in [2.24, 2.45) is 0 Å². The highest BCUT2D eigenvalue weighted by Crippen LogP contribution is 2.07. The van der Waals surface area contributed by atoms with Crippen molar-refractivity contribution in [1.82, 2.24) is 0 Å². The molecule has 0 radical (unpaired) electrons. The van der Waals surface area contributed by atoms with Crippen LogP contribution < -0.4 is 0 Å². The van der Waals surface area contributed by atoms with Crippen LogP contribution in [0.25, 0.3) is 0 Å². The molecule has 0 spiro atoms. The first-order valence-electron chi connectivity index (χ1n) is 2.48. The molecule has 0 amide bonds. The third-order valence-electron chi connectivity index (χ3n) is 1.16. The molecule has 0 aliphatic heterocycles. The molecule has 0 saturated heterocycles. The molecular formula is C6H12O. The lowest BCUT2D eigenvalue weighted by Crippen LogP contribution is -2.17. The molecule has 0 saturated carbocycles. The third kappa shape index (κ3) is 2.40. The topological polar surface area (TPSA) is 20.2 Å². The quantitative estimate of drug-likeness (QED) is 0.519. The van der Waals surface area contributed by atoms with Crippen LogP contribution in [0.3, 0.4) is 0 Å². The van der Waals surface area contributed by atoms with Gasteiger partial charge in [0.05, 0.1) is 5.60 Å². The number of aliphatic hydroxyl groups is 1. The lowest BCUT2D eigenvalue weighted by molar-refractivity contribution is 0.108. The molecule has 0 aromatic rings. The molecule has 1 atom stereocenters. The van der Waals surface area contributed by atoms with E-state index in [4.69, 9.17) is 5.11 Å². The van der Waals surface area contributed by atoms with Crippen molar-refractivity contribution < 1.29 is 5.11 Å². The van der Waals surface area contributed by atoms with Crippen molar-refractivity contribution in [1.29, 1.82) is 0 Å². The second kappa shape index (κ2) is 2.12. The minimum atomic E-state index is -0.653. The summed E-state index contributed by atoms with van der Waals surface area (Å²) >= 11 is 0. The Kier molecular flexibility index (Phi) is 2.03. The molecule has 0 bridgehead atoms. The summed E-state index contributed by atoms with van der Waals surface area (Å²) in [5.74, 6) is 0. The lowest BCUT2D eigenvalue weighted by Gasteiger charge is -2.13. The molecule has 0 aromatic carbocycles. The summed E-state index contributed by atoms with van der Waals surface area (Å²) in [6, 6.07) is 0. The van der Waals surface area contributed by atoms with Gasteiger partial charge in [0.1, 0.15) is 0 Å². The fourth-order valence-electron chi connectivity index (χ4n) is 0.144. The summed E-state index contributed by atoms with van der Waals surface area (Å²) in [6.07, 6.45) is 2.28. The van der Waals surface area contributed by atoms with Crippen LogP contribution in [0.2, 0.25) is 0 Å². The fourth-order valence-corrected chi connectivity index (χ4v) is 0.144. The molecule has 7 heavy (non-hydrogen) atoms. The predicted octanol–water partition coefficient (Wildman–Crippen LogP) is 1.33. The van der Waals surface area contributed by atoms with E-state index in [1.165, 1.54) is 0 Å². The highest BCUT2D eigenvalue weighted by atomic mass is 16.3. The van der Waals surface area contributed by atoms with Crippen LogP contribution in [0, 0.1) is 0 Å². The van der Waals surface area contributed by atoms with Gasteiger partial charge >= 0.3 is 0 Å². The molecule has 0 unspecified atom stereocenters. The van der Waals surface area contributed by atoms with Gasteiger partial charge in [-0.3, -0.25) is 0 Å². The molecule has 1 nitrogen and oxygen atoms in total. The Bertz CT molecular complexity index is 64.6. The summed E-state index contributed by atoms with van der Waals surface area (Å²) in [5, 5.41) is 9.01. The molecular weight excluding hydrogens is 88.1 g/mol. The summed E-state index contributed by atoms with van der Waals surface area (Å²) in [5.41, 5.74) is -0.653. The number of rotatable bonds is 2. The Morgan fingerprint density at radius 1 is 1.86 bits per heavy atom. The fraction of sp³-hybridized carbons (Fsp3) is 0.667. The third-order valence-corrected chi connectivity index (χ3v) is 1.16. The Labute approximate surface area is 44.7 Å². The first kappa shape index (κ1) is 6.70. The van der Waals surface area contributed by atoms with E-state index in [9.17, 15) is 0 Å². The van der Waals surface area contributed by atoms with E-state index in [0.717, 1.165) is 6.42 Å². The van der Waals surface area contributed by atoms with E-state index in [1.807, 2.05) is 6.92 Å². The minimum Gasteiger partial charge on any atom is -0.386 e. The Morgan fingerprint density at radius 3 is 2.29 bits per heavy atom. The first-order valence-corrected chi connectivity index (χ1v) is 2.48. The van der Waals surface area contributed by atoms with E-state index in [1.54, 1.807) is 13.0 Å². The maximum absolute atomic E-state index is 9.01. The zero-order valence-corrected chi connectivity index (χ0v) is 4.94. The summed E-state index contributed by atoms with van der Waals surface area (Å²) in [4.78, 5) is 0. The highest BCUT2D eigenvalue weighted by Gasteiger charge is 2.09. The van der Waals surface area contributed by atoms with Gasteiger partial charge in [-0.2, -0.15) is 0 Å². The summed E-state index contributed by atoms with van der Waals surface area (Å²) in [6.45, 7) is 7.11. The maximum atomic E-state index is 9.01. The summed E-state index contributed by atoms with van der Waals surface area (Å²) < 4.78 is 0. The van der Waals surface area contributed by atoms with Crippen molar-refractivity contribution in [3.8, 4) is 0 Å². The van der Waals surface area contributed by atoms with Crippen molar-refractivity contribution in [3.05, 3.63) is 12.7 Å². The van der Waals surface area contributed by atoms with E-state index in [0.29, 0.717) is 0 Å². The van der Waals surface area contributed by atoms with Crippen LogP contribution >= 0.6 is 0 Å². The van der Waals surface area contributed by atoms with Crippen LogP contribution in [0.5, 0.6) is 0 Å². The van der Waals surface area contributed by atoms with Gasteiger partial charge in [0.15, 0.2) is 0 Å². The Hall–Kier alpha value is -0.300. The largest absolute Gasteiger partial charge is 0.386 e. The zero-order valence-electron chi connectivity index (χ0n) is 4.94.